The molecule has 5 heteroatoms. The number of nitrogens with zero attached hydrogens (tertiary/aromatic N) is 2. The molecule has 5 nitrogen and oxygen atoms in total. The van der Waals surface area contributed by atoms with E-state index < -0.39 is 0 Å². The van der Waals surface area contributed by atoms with Gasteiger partial charge in [-0.15, -0.1) is 0 Å². The summed E-state index contributed by atoms with van der Waals surface area (Å²) in [5.74, 6) is 1.75. The summed E-state index contributed by atoms with van der Waals surface area (Å²) in [6.07, 6.45) is 1.05. The van der Waals surface area contributed by atoms with Crippen LogP contribution in [0.3, 0.4) is 0 Å². The molecule has 4 rings (SSSR count). The Labute approximate surface area is 134 Å². The Morgan fingerprint density at radius 1 is 1.22 bits per heavy atom. The molecule has 0 spiro atoms. The second kappa shape index (κ2) is 5.11. The molecule has 2 bridgehead atoms. The van der Waals surface area contributed by atoms with Crippen molar-refractivity contribution in [3.8, 4) is 0 Å². The molecule has 2 aliphatic rings. The lowest BCUT2D eigenvalue weighted by Crippen LogP contribution is -2.49. The normalized spacial score (nSPS) is 22.8. The fraction of sp³-hybridized carbons (Fsp3) is 0.444. The van der Waals surface area contributed by atoms with Gasteiger partial charge in [-0.1, -0.05) is 6.07 Å². The van der Waals surface area contributed by atoms with Crippen molar-refractivity contribution in [2.75, 3.05) is 13.1 Å². The standard InChI is InChI=1S/C18H20N2O3/c1-11-6-16(23-12(11)2)18(22)19-8-13-7-14(10-19)15-4-3-5-17(21)20(15)9-13/h3-6,13-14H,7-10H2,1-2H3/t13-,14+/m0/s1. The zero-order chi connectivity index (χ0) is 16.1. The van der Waals surface area contributed by atoms with Gasteiger partial charge >= 0.3 is 0 Å². The van der Waals surface area contributed by atoms with Crippen LogP contribution in [0.4, 0.5) is 0 Å². The monoisotopic (exact) mass is 312 g/mol. The average Bonchev–Trinajstić information content (AvgIpc) is 2.87. The lowest BCUT2D eigenvalue weighted by molar-refractivity contribution is 0.0562. The number of furan rings is 1. The van der Waals surface area contributed by atoms with E-state index in [-0.39, 0.29) is 17.4 Å². The zero-order valence-electron chi connectivity index (χ0n) is 13.4. The molecule has 1 fully saturated rings. The van der Waals surface area contributed by atoms with Crippen LogP contribution in [0.15, 0.2) is 33.5 Å². The minimum Gasteiger partial charge on any atom is -0.456 e. The molecule has 23 heavy (non-hydrogen) atoms. The Bertz CT molecular complexity index is 814. The molecule has 2 aliphatic heterocycles. The molecule has 1 amide bonds. The molecule has 2 atom stereocenters. The largest absolute Gasteiger partial charge is 0.456 e. The zero-order valence-corrected chi connectivity index (χ0v) is 13.4. The first-order valence-corrected chi connectivity index (χ1v) is 8.09. The minimum absolute atomic E-state index is 0.0392. The van der Waals surface area contributed by atoms with E-state index in [0.717, 1.165) is 23.4 Å². The molecule has 0 aliphatic carbocycles. The number of hydrogen-bond donors (Lipinski definition) is 0. The Morgan fingerprint density at radius 3 is 2.78 bits per heavy atom. The van der Waals surface area contributed by atoms with Crippen LogP contribution in [0.1, 0.15) is 39.9 Å². The molecule has 1 saturated heterocycles. The molecule has 4 heterocycles. The van der Waals surface area contributed by atoms with E-state index in [2.05, 4.69) is 0 Å². The molecule has 0 unspecified atom stereocenters. The van der Waals surface area contributed by atoms with E-state index in [0.29, 0.717) is 31.3 Å². The van der Waals surface area contributed by atoms with Gasteiger partial charge in [0, 0.05) is 37.3 Å². The SMILES string of the molecule is Cc1cc(C(=O)N2C[C@@H]3C[C@H](C2)c2cccc(=O)n2C3)oc1C. The van der Waals surface area contributed by atoms with Crippen molar-refractivity contribution in [1.29, 1.82) is 0 Å². The van der Waals surface area contributed by atoms with Crippen molar-refractivity contribution in [1.82, 2.24) is 9.47 Å². The Morgan fingerprint density at radius 2 is 2.04 bits per heavy atom. The summed E-state index contributed by atoms with van der Waals surface area (Å²) in [5.41, 5.74) is 2.12. The van der Waals surface area contributed by atoms with E-state index in [1.165, 1.54) is 0 Å². The summed E-state index contributed by atoms with van der Waals surface area (Å²) in [7, 11) is 0. The third kappa shape index (κ3) is 2.31. The maximum Gasteiger partial charge on any atom is 0.289 e. The summed E-state index contributed by atoms with van der Waals surface area (Å²) in [4.78, 5) is 26.7. The number of rotatable bonds is 1. The number of carbonyl (C=O) groups excluding carboxylic acids is 1. The second-order valence-electron chi connectivity index (χ2n) is 6.76. The fourth-order valence-corrected chi connectivity index (χ4v) is 3.90. The summed E-state index contributed by atoms with van der Waals surface area (Å²) >= 11 is 0. The Balaban J connectivity index is 1.63. The molecule has 0 N–H and O–H groups in total. The number of aromatic nitrogens is 1. The van der Waals surface area contributed by atoms with Crippen molar-refractivity contribution in [3.63, 3.8) is 0 Å². The van der Waals surface area contributed by atoms with Crippen LogP contribution in [0.25, 0.3) is 0 Å². The predicted octanol–water partition coefficient (Wildman–Crippen LogP) is 2.32. The van der Waals surface area contributed by atoms with Crippen LogP contribution < -0.4 is 5.56 Å². The van der Waals surface area contributed by atoms with Gasteiger partial charge in [0.05, 0.1) is 0 Å². The Hall–Kier alpha value is -2.30. The molecular weight excluding hydrogens is 292 g/mol. The van der Waals surface area contributed by atoms with Crippen LogP contribution in [0, 0.1) is 19.8 Å². The number of aryl methyl sites for hydroxylation is 2. The van der Waals surface area contributed by atoms with Gasteiger partial charge in [-0.3, -0.25) is 9.59 Å². The van der Waals surface area contributed by atoms with Crippen LogP contribution in [-0.2, 0) is 6.54 Å². The molecule has 0 aromatic carbocycles. The van der Waals surface area contributed by atoms with Crippen molar-refractivity contribution in [2.24, 2.45) is 5.92 Å². The highest BCUT2D eigenvalue weighted by molar-refractivity contribution is 5.92. The number of likely N-dealkylation sites (tertiary alicyclic amines) is 1. The van der Waals surface area contributed by atoms with Crippen LogP contribution in [0.2, 0.25) is 0 Å². The van der Waals surface area contributed by atoms with Gasteiger partial charge in [0.2, 0.25) is 0 Å². The summed E-state index contributed by atoms with van der Waals surface area (Å²) < 4.78 is 7.47. The van der Waals surface area contributed by atoms with E-state index in [4.69, 9.17) is 4.42 Å². The summed E-state index contributed by atoms with van der Waals surface area (Å²) in [6, 6.07) is 7.26. The van der Waals surface area contributed by atoms with Crippen LogP contribution in [-0.4, -0.2) is 28.5 Å². The number of pyridine rings is 1. The fourth-order valence-electron chi connectivity index (χ4n) is 3.90. The predicted molar refractivity (Wildman–Crippen MR) is 85.6 cm³/mol. The molecule has 120 valence electrons. The van der Waals surface area contributed by atoms with Crippen LogP contribution in [0.5, 0.6) is 0 Å². The van der Waals surface area contributed by atoms with E-state index in [1.807, 2.05) is 41.5 Å². The number of fused-ring (bicyclic) bond motifs is 4. The highest BCUT2D eigenvalue weighted by atomic mass is 16.4. The quantitative estimate of drug-likeness (QED) is 0.812. The minimum atomic E-state index is -0.0392. The number of amides is 1. The molecule has 0 radical (unpaired) electrons. The summed E-state index contributed by atoms with van der Waals surface area (Å²) in [5, 5.41) is 0. The third-order valence-corrected chi connectivity index (χ3v) is 5.14. The first kappa shape index (κ1) is 14.3. The lowest BCUT2D eigenvalue weighted by Gasteiger charge is -2.42. The van der Waals surface area contributed by atoms with Crippen molar-refractivity contribution in [3.05, 3.63) is 57.4 Å². The van der Waals surface area contributed by atoms with Crippen molar-refractivity contribution in [2.45, 2.75) is 32.7 Å². The Kier molecular flexibility index (Phi) is 3.18. The first-order chi connectivity index (χ1) is 11.0. The number of carbonyl (C=O) groups is 1. The maximum absolute atomic E-state index is 12.7. The highest BCUT2D eigenvalue weighted by Crippen LogP contribution is 2.35. The molecular formula is C18H20N2O3. The van der Waals surface area contributed by atoms with E-state index in [1.54, 1.807) is 6.07 Å². The van der Waals surface area contributed by atoms with Crippen molar-refractivity contribution >= 4 is 5.91 Å². The van der Waals surface area contributed by atoms with Gasteiger partial charge in [-0.2, -0.15) is 0 Å². The highest BCUT2D eigenvalue weighted by Gasteiger charge is 2.37. The smallest absolute Gasteiger partial charge is 0.289 e. The number of hydrogen-bond acceptors (Lipinski definition) is 3. The number of piperidine rings is 1. The lowest BCUT2D eigenvalue weighted by atomic mass is 9.83. The van der Waals surface area contributed by atoms with Gasteiger partial charge < -0.3 is 13.9 Å². The van der Waals surface area contributed by atoms with Gasteiger partial charge in [0.15, 0.2) is 5.76 Å². The van der Waals surface area contributed by atoms with Gasteiger partial charge in [-0.25, -0.2) is 0 Å². The summed E-state index contributed by atoms with van der Waals surface area (Å²) in [6.45, 7) is 5.86. The van der Waals surface area contributed by atoms with Gasteiger partial charge in [0.25, 0.3) is 11.5 Å². The van der Waals surface area contributed by atoms with E-state index >= 15 is 0 Å². The third-order valence-electron chi connectivity index (χ3n) is 5.14. The van der Waals surface area contributed by atoms with Crippen molar-refractivity contribution < 1.29 is 9.21 Å². The average molecular weight is 312 g/mol. The molecule has 0 saturated carbocycles. The maximum atomic E-state index is 12.7. The topological polar surface area (TPSA) is 55.5 Å². The first-order valence-electron chi connectivity index (χ1n) is 8.09. The molecule has 2 aromatic rings. The van der Waals surface area contributed by atoms with Crippen LogP contribution >= 0.6 is 0 Å². The van der Waals surface area contributed by atoms with Gasteiger partial charge in [-0.05, 0) is 43.9 Å². The van der Waals surface area contributed by atoms with Gasteiger partial charge in [0.1, 0.15) is 5.76 Å². The molecule has 2 aromatic heterocycles. The van der Waals surface area contributed by atoms with E-state index in [9.17, 15) is 9.59 Å². The second-order valence-corrected chi connectivity index (χ2v) is 6.76.